The fourth-order valence-corrected chi connectivity index (χ4v) is 2.92. The number of carbonyl (C=O) groups is 2. The van der Waals surface area contributed by atoms with Gasteiger partial charge in [0, 0.05) is 11.1 Å². The summed E-state index contributed by atoms with van der Waals surface area (Å²) in [5.74, 6) is 0. The number of hydrogen-bond acceptors (Lipinski definition) is 4. The highest BCUT2D eigenvalue weighted by Gasteiger charge is 2.09. The molecule has 0 spiro atoms. The summed E-state index contributed by atoms with van der Waals surface area (Å²) < 4.78 is 10.6. The molecule has 2 aliphatic heterocycles. The van der Waals surface area contributed by atoms with E-state index in [0.29, 0.717) is 13.2 Å². The van der Waals surface area contributed by atoms with Crippen LogP contribution in [0.1, 0.15) is 43.0 Å². The second-order valence-corrected chi connectivity index (χ2v) is 5.90. The predicted octanol–water partition coefficient (Wildman–Crippen LogP) is 3.14. The minimum Gasteiger partial charge on any atom is -0.376 e. The maximum Gasteiger partial charge on any atom is 0.150 e. The van der Waals surface area contributed by atoms with Crippen molar-refractivity contribution in [2.75, 3.05) is 13.2 Å². The zero-order chi connectivity index (χ0) is 16.8. The Morgan fingerprint density at radius 1 is 0.667 bits per heavy atom. The Hall–Kier alpha value is -2.30. The van der Waals surface area contributed by atoms with Gasteiger partial charge in [0.05, 0.1) is 26.4 Å². The molecule has 0 saturated carbocycles. The minimum atomic E-state index is 0.650. The van der Waals surface area contributed by atoms with Crippen molar-refractivity contribution in [2.24, 2.45) is 0 Å². The van der Waals surface area contributed by atoms with E-state index in [1.165, 1.54) is 11.1 Å². The third-order valence-corrected chi connectivity index (χ3v) is 4.28. The van der Waals surface area contributed by atoms with Gasteiger partial charge in [-0.2, -0.15) is 0 Å². The molecule has 2 heterocycles. The van der Waals surface area contributed by atoms with E-state index >= 15 is 0 Å². The molecule has 0 radical (unpaired) electrons. The van der Waals surface area contributed by atoms with Gasteiger partial charge in [-0.05, 0) is 47.2 Å². The van der Waals surface area contributed by atoms with Crippen LogP contribution in [-0.4, -0.2) is 25.8 Å². The van der Waals surface area contributed by atoms with Crippen molar-refractivity contribution in [3.8, 4) is 0 Å². The van der Waals surface area contributed by atoms with E-state index in [4.69, 9.17) is 9.47 Å². The van der Waals surface area contributed by atoms with Crippen LogP contribution in [0.2, 0.25) is 0 Å². The van der Waals surface area contributed by atoms with Gasteiger partial charge in [-0.15, -0.1) is 0 Å². The van der Waals surface area contributed by atoms with Gasteiger partial charge in [0.2, 0.25) is 0 Å². The monoisotopic (exact) mass is 324 g/mol. The fraction of sp³-hybridized carbons (Fsp3) is 0.300. The highest BCUT2D eigenvalue weighted by Crippen LogP contribution is 2.18. The summed E-state index contributed by atoms with van der Waals surface area (Å²) in [5, 5.41) is 0. The molecule has 0 aliphatic carbocycles. The smallest absolute Gasteiger partial charge is 0.150 e. The first-order valence-electron chi connectivity index (χ1n) is 8.09. The van der Waals surface area contributed by atoms with Gasteiger partial charge in [0.1, 0.15) is 12.6 Å². The third kappa shape index (κ3) is 3.96. The van der Waals surface area contributed by atoms with Crippen molar-refractivity contribution in [1.29, 1.82) is 0 Å². The molecule has 0 atom stereocenters. The van der Waals surface area contributed by atoms with Crippen LogP contribution in [0.25, 0.3) is 0 Å². The Morgan fingerprint density at radius 3 is 1.54 bits per heavy atom. The van der Waals surface area contributed by atoms with Crippen LogP contribution in [0.15, 0.2) is 36.4 Å². The zero-order valence-corrected chi connectivity index (χ0v) is 13.5. The molecule has 0 amide bonds. The van der Waals surface area contributed by atoms with Crippen LogP contribution in [0.5, 0.6) is 0 Å². The van der Waals surface area contributed by atoms with E-state index < -0.39 is 0 Å². The highest BCUT2D eigenvalue weighted by molar-refractivity contribution is 5.75. The maximum absolute atomic E-state index is 10.5. The summed E-state index contributed by atoms with van der Waals surface area (Å²) >= 11 is 0. The fourth-order valence-electron chi connectivity index (χ4n) is 2.92. The van der Waals surface area contributed by atoms with Gasteiger partial charge in [0.15, 0.2) is 0 Å². The molecule has 2 aromatic carbocycles. The van der Waals surface area contributed by atoms with Gasteiger partial charge in [-0.1, -0.05) is 24.3 Å². The summed E-state index contributed by atoms with van der Waals surface area (Å²) in [6.07, 6.45) is 3.67. The molecular weight excluding hydrogens is 304 g/mol. The Bertz CT molecular complexity index is 673. The van der Waals surface area contributed by atoms with Crippen molar-refractivity contribution in [1.82, 2.24) is 0 Å². The van der Waals surface area contributed by atoms with E-state index in [1.807, 2.05) is 36.4 Å². The molecule has 0 N–H and O–H groups in total. The Labute approximate surface area is 141 Å². The van der Waals surface area contributed by atoms with Crippen molar-refractivity contribution in [2.45, 2.75) is 26.1 Å². The van der Waals surface area contributed by atoms with Crippen molar-refractivity contribution < 1.29 is 19.1 Å². The number of aldehydes is 2. The number of ether oxygens (including phenoxy) is 2. The second-order valence-electron chi connectivity index (χ2n) is 5.90. The predicted molar refractivity (Wildman–Crippen MR) is 90.4 cm³/mol. The SMILES string of the molecule is O=Cc1ccc2c(c1)COCC2.O=Cc1ccc2c(c1)COCC2. The lowest BCUT2D eigenvalue weighted by Gasteiger charge is -2.15. The molecule has 4 rings (SSSR count). The lowest BCUT2D eigenvalue weighted by Crippen LogP contribution is -2.09. The van der Waals surface area contributed by atoms with Crippen LogP contribution < -0.4 is 0 Å². The molecule has 2 aromatic rings. The lowest BCUT2D eigenvalue weighted by atomic mass is 10.0. The molecule has 24 heavy (non-hydrogen) atoms. The average molecular weight is 324 g/mol. The first-order chi connectivity index (χ1) is 11.8. The van der Waals surface area contributed by atoms with Gasteiger partial charge in [0.25, 0.3) is 0 Å². The topological polar surface area (TPSA) is 52.6 Å². The number of hydrogen-bond donors (Lipinski definition) is 0. The van der Waals surface area contributed by atoms with Gasteiger partial charge in [-0.25, -0.2) is 0 Å². The molecule has 0 fully saturated rings. The number of carbonyl (C=O) groups excluding carboxylic acids is 2. The Morgan fingerprint density at radius 2 is 1.12 bits per heavy atom. The number of fused-ring (bicyclic) bond motifs is 2. The van der Waals surface area contributed by atoms with Crippen LogP contribution >= 0.6 is 0 Å². The molecule has 4 heteroatoms. The van der Waals surface area contributed by atoms with E-state index in [-0.39, 0.29) is 0 Å². The molecule has 0 saturated heterocycles. The Kier molecular flexibility index (Phi) is 5.51. The first kappa shape index (κ1) is 16.6. The van der Waals surface area contributed by atoms with Crippen LogP contribution in [0.4, 0.5) is 0 Å². The molecule has 0 aromatic heterocycles. The lowest BCUT2D eigenvalue weighted by molar-refractivity contribution is 0.109. The number of benzene rings is 2. The van der Waals surface area contributed by atoms with Crippen molar-refractivity contribution in [3.63, 3.8) is 0 Å². The van der Waals surface area contributed by atoms with Gasteiger partial charge in [-0.3, -0.25) is 9.59 Å². The molecule has 2 aliphatic rings. The molecule has 0 unspecified atom stereocenters. The standard InChI is InChI=1S/2C10H10O2/c2*11-6-8-1-2-9-3-4-12-7-10(9)5-8/h2*1-2,5-6H,3-4,7H2. The molecule has 124 valence electrons. The summed E-state index contributed by atoms with van der Waals surface area (Å²) in [5.41, 5.74) is 6.41. The molecule has 0 bridgehead atoms. The quantitative estimate of drug-likeness (QED) is 0.796. The minimum absolute atomic E-state index is 0.650. The van der Waals surface area contributed by atoms with Crippen molar-refractivity contribution in [3.05, 3.63) is 69.8 Å². The van der Waals surface area contributed by atoms with Crippen LogP contribution in [0.3, 0.4) is 0 Å². The summed E-state index contributed by atoms with van der Waals surface area (Å²) in [7, 11) is 0. The summed E-state index contributed by atoms with van der Waals surface area (Å²) in [4.78, 5) is 20.9. The first-order valence-corrected chi connectivity index (χ1v) is 8.09. The summed E-state index contributed by atoms with van der Waals surface area (Å²) in [6.45, 7) is 2.90. The molecular formula is C20H20O4. The normalized spacial score (nSPS) is 15.3. The van der Waals surface area contributed by atoms with E-state index in [1.54, 1.807) is 0 Å². The van der Waals surface area contributed by atoms with Crippen LogP contribution in [0, 0.1) is 0 Å². The third-order valence-electron chi connectivity index (χ3n) is 4.28. The van der Waals surface area contributed by atoms with E-state index in [0.717, 1.165) is 60.9 Å². The largest absolute Gasteiger partial charge is 0.376 e. The van der Waals surface area contributed by atoms with E-state index in [9.17, 15) is 9.59 Å². The Balaban J connectivity index is 0.000000141. The zero-order valence-electron chi connectivity index (χ0n) is 13.5. The van der Waals surface area contributed by atoms with E-state index in [2.05, 4.69) is 0 Å². The molecule has 4 nitrogen and oxygen atoms in total. The van der Waals surface area contributed by atoms with Crippen LogP contribution in [-0.2, 0) is 35.5 Å². The second kappa shape index (κ2) is 7.99. The highest BCUT2D eigenvalue weighted by atomic mass is 16.5. The van der Waals surface area contributed by atoms with Gasteiger partial charge >= 0.3 is 0 Å². The maximum atomic E-state index is 10.5. The summed E-state index contributed by atoms with van der Waals surface area (Å²) in [6, 6.07) is 11.6. The van der Waals surface area contributed by atoms with Crippen molar-refractivity contribution >= 4 is 12.6 Å². The average Bonchev–Trinajstić information content (AvgIpc) is 2.67. The van der Waals surface area contributed by atoms with Gasteiger partial charge < -0.3 is 9.47 Å². The number of rotatable bonds is 2.